The fraction of sp³-hybridized carbons (Fsp3) is 0.211. The van der Waals surface area contributed by atoms with Gasteiger partial charge in [0.25, 0.3) is 0 Å². The maximum atomic E-state index is 6.19. The molecule has 0 bridgehead atoms. The summed E-state index contributed by atoms with van der Waals surface area (Å²) >= 11 is 1.52. The number of hydrogen-bond acceptors (Lipinski definition) is 9. The molecule has 1 aromatic carbocycles. The number of benzene rings is 1. The molecular formula is C19H19N7O2S. The van der Waals surface area contributed by atoms with Crippen LogP contribution in [0.5, 0.6) is 5.75 Å². The van der Waals surface area contributed by atoms with Crippen molar-refractivity contribution in [1.29, 1.82) is 0 Å². The van der Waals surface area contributed by atoms with Gasteiger partial charge >= 0.3 is 0 Å². The van der Waals surface area contributed by atoms with Crippen molar-refractivity contribution in [2.45, 2.75) is 18.0 Å². The molecular weight excluding hydrogens is 390 g/mol. The zero-order valence-electron chi connectivity index (χ0n) is 15.7. The molecule has 0 saturated carbocycles. The molecule has 0 amide bonds. The Bertz CT molecular complexity index is 1080. The molecule has 0 fully saturated rings. The van der Waals surface area contributed by atoms with Crippen molar-refractivity contribution in [2.24, 2.45) is 0 Å². The minimum atomic E-state index is 0.559. The van der Waals surface area contributed by atoms with E-state index in [1.807, 2.05) is 36.4 Å². The lowest BCUT2D eigenvalue weighted by Crippen LogP contribution is -2.12. The predicted octanol–water partition coefficient (Wildman–Crippen LogP) is 2.84. The second kappa shape index (κ2) is 8.74. The third-order valence-electron chi connectivity index (χ3n) is 4.19. The molecule has 0 aliphatic carbocycles. The number of hydrogen-bond donors (Lipinski definition) is 1. The summed E-state index contributed by atoms with van der Waals surface area (Å²) in [5, 5.41) is 13.0. The van der Waals surface area contributed by atoms with E-state index in [1.165, 1.54) is 16.4 Å². The lowest BCUT2D eigenvalue weighted by molar-refractivity contribution is 0.378. The van der Waals surface area contributed by atoms with Gasteiger partial charge in [0, 0.05) is 30.1 Å². The highest BCUT2D eigenvalue weighted by Crippen LogP contribution is 2.29. The molecule has 0 spiro atoms. The monoisotopic (exact) mass is 409 g/mol. The van der Waals surface area contributed by atoms with Crippen molar-refractivity contribution in [1.82, 2.24) is 30.0 Å². The van der Waals surface area contributed by atoms with E-state index in [0.29, 0.717) is 34.9 Å². The molecule has 2 N–H and O–H groups in total. The SMILES string of the molecule is COc1ccccc1-c1nnc(SCCCc2nc(-c3ccncc3)no2)n1N. The minimum absolute atomic E-state index is 0.559. The molecule has 4 rings (SSSR count). The van der Waals surface area contributed by atoms with Gasteiger partial charge in [-0.3, -0.25) is 4.98 Å². The summed E-state index contributed by atoms with van der Waals surface area (Å²) in [6.45, 7) is 0. The highest BCUT2D eigenvalue weighted by Gasteiger charge is 2.16. The van der Waals surface area contributed by atoms with Gasteiger partial charge < -0.3 is 15.1 Å². The van der Waals surface area contributed by atoms with Gasteiger partial charge in [-0.2, -0.15) is 4.98 Å². The second-order valence-corrected chi connectivity index (χ2v) is 7.14. The number of ether oxygens (including phenoxy) is 1. The Morgan fingerprint density at radius 1 is 1.14 bits per heavy atom. The summed E-state index contributed by atoms with van der Waals surface area (Å²) in [5.41, 5.74) is 1.68. The number of para-hydroxylation sites is 1. The number of aryl methyl sites for hydroxylation is 1. The first-order chi connectivity index (χ1) is 14.3. The zero-order valence-corrected chi connectivity index (χ0v) is 16.5. The van der Waals surface area contributed by atoms with Crippen LogP contribution in [0.15, 0.2) is 58.5 Å². The van der Waals surface area contributed by atoms with Crippen LogP contribution in [-0.4, -0.2) is 42.9 Å². The smallest absolute Gasteiger partial charge is 0.226 e. The fourth-order valence-corrected chi connectivity index (χ4v) is 3.55. The molecule has 0 aliphatic heterocycles. The summed E-state index contributed by atoms with van der Waals surface area (Å²) in [6, 6.07) is 11.3. The van der Waals surface area contributed by atoms with Crippen LogP contribution in [0.3, 0.4) is 0 Å². The average molecular weight is 409 g/mol. The Morgan fingerprint density at radius 2 is 1.97 bits per heavy atom. The first-order valence-electron chi connectivity index (χ1n) is 8.96. The third-order valence-corrected chi connectivity index (χ3v) is 5.21. The van der Waals surface area contributed by atoms with Gasteiger partial charge in [0.1, 0.15) is 5.75 Å². The lowest BCUT2D eigenvalue weighted by Gasteiger charge is -2.07. The summed E-state index contributed by atoms with van der Waals surface area (Å²) in [5.74, 6) is 9.40. The predicted molar refractivity (Wildman–Crippen MR) is 109 cm³/mol. The van der Waals surface area contributed by atoms with Crippen LogP contribution >= 0.6 is 11.8 Å². The Morgan fingerprint density at radius 3 is 2.79 bits per heavy atom. The van der Waals surface area contributed by atoms with Crippen molar-refractivity contribution in [2.75, 3.05) is 18.7 Å². The molecule has 0 atom stereocenters. The highest BCUT2D eigenvalue weighted by atomic mass is 32.2. The highest BCUT2D eigenvalue weighted by molar-refractivity contribution is 7.99. The molecule has 3 heterocycles. The molecule has 0 saturated heterocycles. The summed E-state index contributed by atoms with van der Waals surface area (Å²) in [4.78, 5) is 8.40. The van der Waals surface area contributed by atoms with Crippen LogP contribution < -0.4 is 10.6 Å². The first kappa shape index (κ1) is 18.9. The summed E-state index contributed by atoms with van der Waals surface area (Å²) < 4.78 is 12.2. The number of pyridine rings is 1. The molecule has 3 aromatic heterocycles. The maximum Gasteiger partial charge on any atom is 0.226 e. The van der Waals surface area contributed by atoms with Crippen molar-refractivity contribution in [3.8, 4) is 28.5 Å². The number of rotatable bonds is 8. The average Bonchev–Trinajstić information content (AvgIpc) is 3.39. The maximum absolute atomic E-state index is 6.19. The van der Waals surface area contributed by atoms with E-state index in [0.717, 1.165) is 23.3 Å². The van der Waals surface area contributed by atoms with Gasteiger partial charge in [0.05, 0.1) is 12.7 Å². The zero-order chi connectivity index (χ0) is 20.1. The number of nitrogen functional groups attached to an aromatic ring is 1. The van der Waals surface area contributed by atoms with Gasteiger partial charge in [0.2, 0.25) is 16.9 Å². The second-order valence-electron chi connectivity index (χ2n) is 6.08. The molecule has 148 valence electrons. The minimum Gasteiger partial charge on any atom is -0.496 e. The van der Waals surface area contributed by atoms with Crippen LogP contribution in [0.1, 0.15) is 12.3 Å². The molecule has 0 unspecified atom stereocenters. The molecule has 0 aliphatic rings. The number of thioether (sulfide) groups is 1. The van der Waals surface area contributed by atoms with Gasteiger partial charge in [-0.15, -0.1) is 10.2 Å². The van der Waals surface area contributed by atoms with E-state index in [-0.39, 0.29) is 0 Å². The fourth-order valence-electron chi connectivity index (χ4n) is 2.75. The topological polar surface area (TPSA) is 118 Å². The van der Waals surface area contributed by atoms with Crippen LogP contribution in [0.25, 0.3) is 22.8 Å². The van der Waals surface area contributed by atoms with Crippen molar-refractivity contribution in [3.05, 3.63) is 54.7 Å². The van der Waals surface area contributed by atoms with Crippen molar-refractivity contribution >= 4 is 11.8 Å². The number of nitrogens with two attached hydrogens (primary N) is 1. The number of methoxy groups -OCH3 is 1. The summed E-state index contributed by atoms with van der Waals surface area (Å²) in [6.07, 6.45) is 4.90. The van der Waals surface area contributed by atoms with Gasteiger partial charge in [-0.25, -0.2) is 4.68 Å². The van der Waals surface area contributed by atoms with Crippen LogP contribution in [0.2, 0.25) is 0 Å². The van der Waals surface area contributed by atoms with Crippen molar-refractivity contribution in [3.63, 3.8) is 0 Å². The van der Waals surface area contributed by atoms with E-state index in [1.54, 1.807) is 19.5 Å². The normalized spacial score (nSPS) is 10.9. The lowest BCUT2D eigenvalue weighted by atomic mass is 10.2. The molecule has 9 nitrogen and oxygen atoms in total. The first-order valence-corrected chi connectivity index (χ1v) is 9.94. The Labute approximate surface area is 171 Å². The largest absolute Gasteiger partial charge is 0.496 e. The van der Waals surface area contributed by atoms with Crippen molar-refractivity contribution < 1.29 is 9.26 Å². The summed E-state index contributed by atoms with van der Waals surface area (Å²) in [7, 11) is 1.61. The molecule has 29 heavy (non-hydrogen) atoms. The van der Waals surface area contributed by atoms with E-state index >= 15 is 0 Å². The number of aromatic nitrogens is 6. The van der Waals surface area contributed by atoms with Gasteiger partial charge in [-0.05, 0) is 30.7 Å². The number of nitrogens with zero attached hydrogens (tertiary/aromatic N) is 6. The van der Waals surface area contributed by atoms with Crippen LogP contribution in [0.4, 0.5) is 0 Å². The van der Waals surface area contributed by atoms with Crippen LogP contribution in [-0.2, 0) is 6.42 Å². The van der Waals surface area contributed by atoms with Crippen LogP contribution in [0, 0.1) is 0 Å². The Hall–Kier alpha value is -3.40. The molecule has 10 heteroatoms. The van der Waals surface area contributed by atoms with Gasteiger partial charge in [0.15, 0.2) is 5.82 Å². The Balaban J connectivity index is 1.34. The standard InChI is InChI=1S/C19H19N7O2S/c1-27-15-6-3-2-5-14(15)18-23-24-19(26(18)20)29-12-4-7-16-22-17(25-28-16)13-8-10-21-11-9-13/h2-3,5-6,8-11H,4,7,12,20H2,1H3. The van der Waals surface area contributed by atoms with E-state index in [9.17, 15) is 0 Å². The van der Waals surface area contributed by atoms with Gasteiger partial charge in [-0.1, -0.05) is 29.1 Å². The quantitative estimate of drug-likeness (QED) is 0.266. The van der Waals surface area contributed by atoms with E-state index < -0.39 is 0 Å². The van der Waals surface area contributed by atoms with E-state index in [2.05, 4.69) is 25.3 Å². The van der Waals surface area contributed by atoms with E-state index in [4.69, 9.17) is 15.1 Å². The Kier molecular flexibility index (Phi) is 5.71. The molecule has 0 radical (unpaired) electrons. The molecule has 4 aromatic rings. The third kappa shape index (κ3) is 4.21.